The Morgan fingerprint density at radius 3 is 2.80 bits per heavy atom. The summed E-state index contributed by atoms with van der Waals surface area (Å²) in [5.41, 5.74) is 0.568. The fourth-order valence-corrected chi connectivity index (χ4v) is 2.46. The molecule has 0 unspecified atom stereocenters. The highest BCUT2D eigenvalue weighted by molar-refractivity contribution is 7.99. The minimum Gasteiger partial charge on any atom is -0.497 e. The molecule has 0 N–H and O–H groups in total. The van der Waals surface area contributed by atoms with Gasteiger partial charge in [-0.25, -0.2) is 0 Å². The summed E-state index contributed by atoms with van der Waals surface area (Å²) in [7, 11) is 1.66. The Labute approximate surface area is 123 Å². The second-order valence-electron chi connectivity index (χ2n) is 3.98. The molecule has 0 spiro atoms. The van der Waals surface area contributed by atoms with Crippen LogP contribution in [0.4, 0.5) is 0 Å². The van der Waals surface area contributed by atoms with Crippen molar-refractivity contribution in [3.8, 4) is 17.6 Å². The SMILES string of the molecule is COc1cccc(SCCOc2ccccc2C#N)c1. The van der Waals surface area contributed by atoms with Crippen LogP contribution in [0.25, 0.3) is 0 Å². The van der Waals surface area contributed by atoms with E-state index >= 15 is 0 Å². The average Bonchev–Trinajstić information content (AvgIpc) is 2.52. The number of hydrogen-bond donors (Lipinski definition) is 0. The van der Waals surface area contributed by atoms with Gasteiger partial charge in [0.15, 0.2) is 0 Å². The summed E-state index contributed by atoms with van der Waals surface area (Å²) < 4.78 is 10.8. The molecule has 2 aromatic carbocycles. The number of nitrogens with zero attached hydrogens (tertiary/aromatic N) is 1. The van der Waals surface area contributed by atoms with Crippen molar-refractivity contribution in [2.75, 3.05) is 19.5 Å². The van der Waals surface area contributed by atoms with Crippen molar-refractivity contribution in [3.63, 3.8) is 0 Å². The van der Waals surface area contributed by atoms with Gasteiger partial charge in [0, 0.05) is 10.6 Å². The molecule has 0 saturated heterocycles. The first-order chi connectivity index (χ1) is 9.83. The lowest BCUT2D eigenvalue weighted by molar-refractivity contribution is 0.343. The second kappa shape index (κ2) is 7.46. The van der Waals surface area contributed by atoms with Crippen LogP contribution in [-0.4, -0.2) is 19.5 Å². The fraction of sp³-hybridized carbons (Fsp3) is 0.188. The topological polar surface area (TPSA) is 42.2 Å². The summed E-state index contributed by atoms with van der Waals surface area (Å²) in [5, 5.41) is 8.96. The van der Waals surface area contributed by atoms with E-state index in [1.165, 1.54) is 0 Å². The first-order valence-electron chi connectivity index (χ1n) is 6.22. The van der Waals surface area contributed by atoms with Crippen molar-refractivity contribution < 1.29 is 9.47 Å². The fourth-order valence-electron chi connectivity index (χ4n) is 1.69. The van der Waals surface area contributed by atoms with Gasteiger partial charge in [-0.05, 0) is 30.3 Å². The zero-order valence-electron chi connectivity index (χ0n) is 11.2. The van der Waals surface area contributed by atoms with Crippen LogP contribution in [0.5, 0.6) is 11.5 Å². The van der Waals surface area contributed by atoms with Gasteiger partial charge >= 0.3 is 0 Å². The van der Waals surface area contributed by atoms with E-state index in [0.29, 0.717) is 17.9 Å². The first-order valence-corrected chi connectivity index (χ1v) is 7.21. The highest BCUT2D eigenvalue weighted by atomic mass is 32.2. The number of para-hydroxylation sites is 1. The number of methoxy groups -OCH3 is 1. The van der Waals surface area contributed by atoms with Gasteiger partial charge in [0.1, 0.15) is 17.6 Å². The Balaban J connectivity index is 1.83. The summed E-state index contributed by atoms with van der Waals surface area (Å²) in [6.45, 7) is 0.556. The molecule has 20 heavy (non-hydrogen) atoms. The lowest BCUT2D eigenvalue weighted by Crippen LogP contribution is -2.01. The Bertz CT molecular complexity index is 607. The van der Waals surface area contributed by atoms with E-state index in [0.717, 1.165) is 16.4 Å². The molecule has 102 valence electrons. The van der Waals surface area contributed by atoms with Crippen LogP contribution in [-0.2, 0) is 0 Å². The van der Waals surface area contributed by atoms with Crippen molar-refractivity contribution in [2.45, 2.75) is 4.90 Å². The van der Waals surface area contributed by atoms with Crippen LogP contribution in [0.3, 0.4) is 0 Å². The van der Waals surface area contributed by atoms with E-state index in [2.05, 4.69) is 6.07 Å². The Morgan fingerprint density at radius 1 is 1.15 bits per heavy atom. The number of nitriles is 1. The van der Waals surface area contributed by atoms with Crippen LogP contribution in [0.2, 0.25) is 0 Å². The first kappa shape index (κ1) is 14.3. The predicted molar refractivity (Wildman–Crippen MR) is 80.4 cm³/mol. The highest BCUT2D eigenvalue weighted by Gasteiger charge is 2.02. The zero-order chi connectivity index (χ0) is 14.2. The number of rotatable bonds is 6. The molecule has 2 rings (SSSR count). The van der Waals surface area contributed by atoms with Gasteiger partial charge in [-0.15, -0.1) is 11.8 Å². The molecule has 0 heterocycles. The molecule has 0 aromatic heterocycles. The minimum atomic E-state index is 0.556. The number of hydrogen-bond acceptors (Lipinski definition) is 4. The summed E-state index contributed by atoms with van der Waals surface area (Å²) in [6, 6.07) is 17.3. The molecule has 0 amide bonds. The van der Waals surface area contributed by atoms with Gasteiger partial charge in [-0.3, -0.25) is 0 Å². The third-order valence-corrected chi connectivity index (χ3v) is 3.62. The maximum absolute atomic E-state index is 8.96. The molecule has 2 aromatic rings. The van der Waals surface area contributed by atoms with E-state index < -0.39 is 0 Å². The predicted octanol–water partition coefficient (Wildman–Crippen LogP) is 3.74. The Morgan fingerprint density at radius 2 is 2.00 bits per heavy atom. The van der Waals surface area contributed by atoms with Crippen molar-refractivity contribution in [1.29, 1.82) is 5.26 Å². The number of benzene rings is 2. The molecule has 0 aliphatic heterocycles. The Hall–Kier alpha value is -2.12. The molecule has 0 aliphatic rings. The third kappa shape index (κ3) is 3.94. The van der Waals surface area contributed by atoms with Crippen LogP contribution in [0.1, 0.15) is 5.56 Å². The van der Waals surface area contributed by atoms with Crippen LogP contribution >= 0.6 is 11.8 Å². The molecule has 0 atom stereocenters. The van der Waals surface area contributed by atoms with E-state index in [9.17, 15) is 0 Å². The number of ether oxygens (including phenoxy) is 2. The lowest BCUT2D eigenvalue weighted by atomic mass is 10.2. The molecule has 0 saturated carbocycles. The van der Waals surface area contributed by atoms with Crippen molar-refractivity contribution in [2.24, 2.45) is 0 Å². The van der Waals surface area contributed by atoms with Gasteiger partial charge in [0.25, 0.3) is 0 Å². The minimum absolute atomic E-state index is 0.556. The Kier molecular flexibility index (Phi) is 5.33. The molecule has 0 radical (unpaired) electrons. The molecule has 0 bridgehead atoms. The van der Waals surface area contributed by atoms with Gasteiger partial charge in [0.2, 0.25) is 0 Å². The summed E-state index contributed by atoms with van der Waals surface area (Å²) in [5.74, 6) is 2.31. The van der Waals surface area contributed by atoms with E-state index in [4.69, 9.17) is 14.7 Å². The lowest BCUT2D eigenvalue weighted by Gasteiger charge is -2.08. The number of thioether (sulfide) groups is 1. The smallest absolute Gasteiger partial charge is 0.137 e. The summed E-state index contributed by atoms with van der Waals surface area (Å²) in [6.07, 6.45) is 0. The van der Waals surface area contributed by atoms with Gasteiger partial charge in [0.05, 0.1) is 19.3 Å². The molecule has 3 nitrogen and oxygen atoms in total. The van der Waals surface area contributed by atoms with Crippen LogP contribution in [0, 0.1) is 11.3 Å². The van der Waals surface area contributed by atoms with Crippen molar-refractivity contribution in [3.05, 3.63) is 54.1 Å². The quantitative estimate of drug-likeness (QED) is 0.599. The average molecular weight is 285 g/mol. The van der Waals surface area contributed by atoms with Gasteiger partial charge in [-0.2, -0.15) is 5.26 Å². The monoisotopic (exact) mass is 285 g/mol. The van der Waals surface area contributed by atoms with Gasteiger partial charge < -0.3 is 9.47 Å². The van der Waals surface area contributed by atoms with Crippen LogP contribution in [0.15, 0.2) is 53.4 Å². The molecule has 0 fully saturated rings. The summed E-state index contributed by atoms with van der Waals surface area (Å²) in [4.78, 5) is 1.14. The van der Waals surface area contributed by atoms with E-state index in [-0.39, 0.29) is 0 Å². The second-order valence-corrected chi connectivity index (χ2v) is 5.15. The zero-order valence-corrected chi connectivity index (χ0v) is 12.0. The summed E-state index contributed by atoms with van der Waals surface area (Å²) >= 11 is 1.69. The molecular weight excluding hydrogens is 270 g/mol. The molecule has 0 aliphatic carbocycles. The largest absolute Gasteiger partial charge is 0.497 e. The molecular formula is C16H15NO2S. The molecule has 4 heteroatoms. The van der Waals surface area contributed by atoms with E-state index in [1.807, 2.05) is 42.5 Å². The van der Waals surface area contributed by atoms with Crippen LogP contribution < -0.4 is 9.47 Å². The van der Waals surface area contributed by atoms with Gasteiger partial charge in [-0.1, -0.05) is 18.2 Å². The van der Waals surface area contributed by atoms with Crippen molar-refractivity contribution >= 4 is 11.8 Å². The highest BCUT2D eigenvalue weighted by Crippen LogP contribution is 2.23. The third-order valence-electron chi connectivity index (χ3n) is 2.66. The maximum atomic E-state index is 8.96. The van der Waals surface area contributed by atoms with Crippen molar-refractivity contribution in [1.82, 2.24) is 0 Å². The van der Waals surface area contributed by atoms with E-state index in [1.54, 1.807) is 24.9 Å². The normalized spacial score (nSPS) is 9.80. The maximum Gasteiger partial charge on any atom is 0.137 e. The standard InChI is InChI=1S/C16H15NO2S/c1-18-14-6-4-7-15(11-14)20-10-9-19-16-8-3-2-5-13(16)12-17/h2-8,11H,9-10H2,1H3.